The van der Waals surface area contributed by atoms with E-state index in [0.29, 0.717) is 5.92 Å². The third kappa shape index (κ3) is 1.79. The molecule has 0 N–H and O–H groups in total. The molecule has 0 amide bonds. The number of aryl methyl sites for hydroxylation is 2. The lowest BCUT2D eigenvalue weighted by atomic mass is 10.0. The summed E-state index contributed by atoms with van der Waals surface area (Å²) in [6.07, 6.45) is 1.98. The van der Waals surface area contributed by atoms with Crippen molar-refractivity contribution in [1.82, 2.24) is 4.98 Å². The fourth-order valence-electron chi connectivity index (χ4n) is 1.31. The highest BCUT2D eigenvalue weighted by Gasteiger charge is 2.02. The first-order chi connectivity index (χ1) is 5.11. The molecule has 0 spiro atoms. The van der Waals surface area contributed by atoms with E-state index in [1.54, 1.807) is 0 Å². The molecule has 0 atom stereocenters. The maximum absolute atomic E-state index is 4.26. The van der Waals surface area contributed by atoms with Crippen LogP contribution in [0.5, 0.6) is 0 Å². The molecule has 0 aliphatic rings. The summed E-state index contributed by atoms with van der Waals surface area (Å²) in [6, 6.07) is 2.13. The number of pyridine rings is 1. The van der Waals surface area contributed by atoms with Crippen molar-refractivity contribution in [1.29, 1.82) is 0 Å². The SMILES string of the molecule is Cc1cc(C)c(C(C)C)cn1. The highest BCUT2D eigenvalue weighted by molar-refractivity contribution is 5.27. The van der Waals surface area contributed by atoms with E-state index in [4.69, 9.17) is 0 Å². The lowest BCUT2D eigenvalue weighted by molar-refractivity contribution is 0.844. The van der Waals surface area contributed by atoms with Gasteiger partial charge in [-0.3, -0.25) is 4.98 Å². The van der Waals surface area contributed by atoms with Crippen LogP contribution >= 0.6 is 0 Å². The zero-order chi connectivity index (χ0) is 8.43. The van der Waals surface area contributed by atoms with Crippen LogP contribution in [0.4, 0.5) is 0 Å². The second-order valence-corrected chi connectivity index (χ2v) is 3.34. The molecule has 0 fully saturated rings. The minimum Gasteiger partial charge on any atom is -0.261 e. The van der Waals surface area contributed by atoms with Gasteiger partial charge in [0.2, 0.25) is 0 Å². The van der Waals surface area contributed by atoms with Crippen molar-refractivity contribution >= 4 is 0 Å². The number of rotatable bonds is 1. The van der Waals surface area contributed by atoms with Gasteiger partial charge in [0, 0.05) is 11.9 Å². The van der Waals surface area contributed by atoms with Crippen molar-refractivity contribution < 1.29 is 0 Å². The Morgan fingerprint density at radius 2 is 1.91 bits per heavy atom. The van der Waals surface area contributed by atoms with Crippen LogP contribution in [-0.4, -0.2) is 4.98 Å². The quantitative estimate of drug-likeness (QED) is 0.598. The van der Waals surface area contributed by atoms with E-state index >= 15 is 0 Å². The van der Waals surface area contributed by atoms with Gasteiger partial charge in [-0.1, -0.05) is 13.8 Å². The van der Waals surface area contributed by atoms with Crippen LogP contribution in [0.2, 0.25) is 0 Å². The monoisotopic (exact) mass is 149 g/mol. The maximum Gasteiger partial charge on any atom is 0.0375 e. The van der Waals surface area contributed by atoms with E-state index in [1.165, 1.54) is 11.1 Å². The molecule has 0 radical (unpaired) electrons. The van der Waals surface area contributed by atoms with Gasteiger partial charge >= 0.3 is 0 Å². The molecule has 1 heterocycles. The van der Waals surface area contributed by atoms with E-state index in [0.717, 1.165) is 5.69 Å². The fraction of sp³-hybridized carbons (Fsp3) is 0.500. The summed E-state index contributed by atoms with van der Waals surface area (Å²) >= 11 is 0. The van der Waals surface area contributed by atoms with Crippen LogP contribution in [0.3, 0.4) is 0 Å². The third-order valence-corrected chi connectivity index (χ3v) is 1.91. The standard InChI is InChI=1S/C10H15N/c1-7(2)10-6-11-9(4)5-8(10)3/h5-7H,1-4H3. The highest BCUT2D eigenvalue weighted by atomic mass is 14.7. The Bertz CT molecular complexity index is 251. The Morgan fingerprint density at radius 1 is 1.27 bits per heavy atom. The summed E-state index contributed by atoms with van der Waals surface area (Å²) in [6.45, 7) is 8.56. The Labute approximate surface area is 68.5 Å². The van der Waals surface area contributed by atoms with Gasteiger partial charge < -0.3 is 0 Å². The van der Waals surface area contributed by atoms with E-state index < -0.39 is 0 Å². The third-order valence-electron chi connectivity index (χ3n) is 1.91. The normalized spacial score (nSPS) is 10.6. The van der Waals surface area contributed by atoms with Crippen molar-refractivity contribution in [3.05, 3.63) is 29.1 Å². The number of aromatic nitrogens is 1. The predicted molar refractivity (Wildman–Crippen MR) is 47.8 cm³/mol. The summed E-state index contributed by atoms with van der Waals surface area (Å²) in [5.41, 5.74) is 3.81. The summed E-state index contributed by atoms with van der Waals surface area (Å²) in [5.74, 6) is 0.586. The molecule has 0 aromatic carbocycles. The van der Waals surface area contributed by atoms with Crippen LogP contribution in [0, 0.1) is 13.8 Å². The smallest absolute Gasteiger partial charge is 0.0375 e. The first-order valence-electron chi connectivity index (χ1n) is 4.04. The van der Waals surface area contributed by atoms with Gasteiger partial charge in [0.25, 0.3) is 0 Å². The van der Waals surface area contributed by atoms with Crippen LogP contribution in [-0.2, 0) is 0 Å². The molecule has 0 aliphatic heterocycles. The molecule has 0 saturated carbocycles. The molecule has 0 saturated heterocycles. The van der Waals surface area contributed by atoms with Crippen molar-refractivity contribution in [2.24, 2.45) is 0 Å². The molecule has 0 unspecified atom stereocenters. The highest BCUT2D eigenvalue weighted by Crippen LogP contribution is 2.17. The molecule has 0 bridgehead atoms. The van der Waals surface area contributed by atoms with Gasteiger partial charge in [-0.2, -0.15) is 0 Å². The maximum atomic E-state index is 4.26. The topological polar surface area (TPSA) is 12.9 Å². The second-order valence-electron chi connectivity index (χ2n) is 3.34. The zero-order valence-corrected chi connectivity index (χ0v) is 7.68. The molecule has 1 nitrogen and oxygen atoms in total. The molecule has 11 heavy (non-hydrogen) atoms. The minimum absolute atomic E-state index is 0.586. The number of hydrogen-bond acceptors (Lipinski definition) is 1. The van der Waals surface area contributed by atoms with Gasteiger partial charge in [-0.15, -0.1) is 0 Å². The van der Waals surface area contributed by atoms with Crippen LogP contribution in [0.25, 0.3) is 0 Å². The lowest BCUT2D eigenvalue weighted by Crippen LogP contribution is -1.94. The van der Waals surface area contributed by atoms with Gasteiger partial charge in [-0.05, 0) is 37.0 Å². The molecular formula is C10H15N. The summed E-state index contributed by atoms with van der Waals surface area (Å²) in [5, 5.41) is 0. The van der Waals surface area contributed by atoms with Crippen LogP contribution in [0.1, 0.15) is 36.6 Å². The van der Waals surface area contributed by atoms with Crippen molar-refractivity contribution in [3.63, 3.8) is 0 Å². The zero-order valence-electron chi connectivity index (χ0n) is 7.68. The van der Waals surface area contributed by atoms with E-state index in [1.807, 2.05) is 13.1 Å². The first-order valence-corrected chi connectivity index (χ1v) is 4.04. The molecule has 1 aromatic heterocycles. The van der Waals surface area contributed by atoms with E-state index in [2.05, 4.69) is 31.8 Å². The van der Waals surface area contributed by atoms with E-state index in [9.17, 15) is 0 Å². The van der Waals surface area contributed by atoms with Crippen molar-refractivity contribution in [2.75, 3.05) is 0 Å². The van der Waals surface area contributed by atoms with Gasteiger partial charge in [-0.25, -0.2) is 0 Å². The average Bonchev–Trinajstić information content (AvgIpc) is 1.85. The average molecular weight is 149 g/mol. The summed E-state index contributed by atoms with van der Waals surface area (Å²) in [4.78, 5) is 4.26. The minimum atomic E-state index is 0.586. The fourth-order valence-corrected chi connectivity index (χ4v) is 1.31. The van der Waals surface area contributed by atoms with Crippen molar-refractivity contribution in [3.8, 4) is 0 Å². The summed E-state index contributed by atoms with van der Waals surface area (Å²) in [7, 11) is 0. The largest absolute Gasteiger partial charge is 0.261 e. The second kappa shape index (κ2) is 3.04. The Hall–Kier alpha value is -0.850. The molecule has 1 heteroatoms. The van der Waals surface area contributed by atoms with Crippen LogP contribution in [0.15, 0.2) is 12.3 Å². The molecule has 60 valence electrons. The molecular weight excluding hydrogens is 134 g/mol. The predicted octanol–water partition coefficient (Wildman–Crippen LogP) is 2.82. The first kappa shape index (κ1) is 8.25. The Morgan fingerprint density at radius 3 is 2.36 bits per heavy atom. The molecule has 1 rings (SSSR count). The van der Waals surface area contributed by atoms with E-state index in [-0.39, 0.29) is 0 Å². The van der Waals surface area contributed by atoms with Crippen molar-refractivity contribution in [2.45, 2.75) is 33.6 Å². The Balaban J connectivity index is 3.09. The van der Waals surface area contributed by atoms with Gasteiger partial charge in [0.05, 0.1) is 0 Å². The van der Waals surface area contributed by atoms with Gasteiger partial charge in [0.15, 0.2) is 0 Å². The lowest BCUT2D eigenvalue weighted by Gasteiger charge is -2.08. The number of nitrogens with zero attached hydrogens (tertiary/aromatic N) is 1. The van der Waals surface area contributed by atoms with Gasteiger partial charge in [0.1, 0.15) is 0 Å². The Kier molecular flexibility index (Phi) is 2.28. The molecule has 0 aliphatic carbocycles. The summed E-state index contributed by atoms with van der Waals surface area (Å²) < 4.78 is 0. The number of hydrogen-bond donors (Lipinski definition) is 0. The van der Waals surface area contributed by atoms with Crippen LogP contribution < -0.4 is 0 Å². The molecule has 1 aromatic rings.